The smallest absolute Gasteiger partial charge is 0.138 e. The third-order valence-corrected chi connectivity index (χ3v) is 4.00. The highest BCUT2D eigenvalue weighted by Crippen LogP contribution is 2.39. The summed E-state index contributed by atoms with van der Waals surface area (Å²) < 4.78 is 6.59. The average Bonchev–Trinajstić information content (AvgIpc) is 2.76. The Bertz CT molecular complexity index is 397. The van der Waals surface area contributed by atoms with Crippen LogP contribution in [0, 0.1) is 13.8 Å². The standard InChI is InChI=1S/C13H18BrNO/c1-8-7-10(14)13(16-3)12(9(8)2)11-5-4-6-15-11/h7,11,15H,4-6H2,1-3H3. The lowest BCUT2D eigenvalue weighted by Crippen LogP contribution is -2.15. The van der Waals surface area contributed by atoms with Crippen LogP contribution in [0.5, 0.6) is 5.75 Å². The second kappa shape index (κ2) is 4.76. The number of nitrogens with one attached hydrogen (secondary N) is 1. The summed E-state index contributed by atoms with van der Waals surface area (Å²) in [7, 11) is 1.74. The van der Waals surface area contributed by atoms with Gasteiger partial charge in [0, 0.05) is 11.6 Å². The Morgan fingerprint density at radius 1 is 1.44 bits per heavy atom. The maximum atomic E-state index is 5.54. The highest BCUT2D eigenvalue weighted by atomic mass is 79.9. The van der Waals surface area contributed by atoms with Gasteiger partial charge < -0.3 is 10.1 Å². The predicted octanol–water partition coefficient (Wildman–Crippen LogP) is 3.50. The van der Waals surface area contributed by atoms with Gasteiger partial charge in [0.1, 0.15) is 5.75 Å². The number of methoxy groups -OCH3 is 1. The monoisotopic (exact) mass is 283 g/mol. The highest BCUT2D eigenvalue weighted by Gasteiger charge is 2.24. The van der Waals surface area contributed by atoms with Gasteiger partial charge in [0.15, 0.2) is 0 Å². The fourth-order valence-electron chi connectivity index (χ4n) is 2.43. The van der Waals surface area contributed by atoms with E-state index in [0.29, 0.717) is 6.04 Å². The lowest BCUT2D eigenvalue weighted by molar-refractivity contribution is 0.399. The van der Waals surface area contributed by atoms with E-state index in [0.717, 1.165) is 16.8 Å². The molecule has 2 nitrogen and oxygen atoms in total. The van der Waals surface area contributed by atoms with Crippen LogP contribution in [0.3, 0.4) is 0 Å². The van der Waals surface area contributed by atoms with Crippen LogP contribution in [-0.4, -0.2) is 13.7 Å². The summed E-state index contributed by atoms with van der Waals surface area (Å²) in [5.74, 6) is 0.988. The molecule has 1 aliphatic rings. The van der Waals surface area contributed by atoms with Gasteiger partial charge in [0.2, 0.25) is 0 Å². The fourth-order valence-corrected chi connectivity index (χ4v) is 3.15. The van der Waals surface area contributed by atoms with Gasteiger partial charge in [-0.15, -0.1) is 0 Å². The fraction of sp³-hybridized carbons (Fsp3) is 0.538. The molecule has 1 aliphatic heterocycles. The van der Waals surface area contributed by atoms with Crippen LogP contribution in [0.15, 0.2) is 10.5 Å². The lowest BCUT2D eigenvalue weighted by atomic mass is 9.95. The average molecular weight is 284 g/mol. The number of hydrogen-bond acceptors (Lipinski definition) is 2. The number of halogens is 1. The van der Waals surface area contributed by atoms with Crippen molar-refractivity contribution in [1.29, 1.82) is 0 Å². The molecule has 1 unspecified atom stereocenters. The SMILES string of the molecule is COc1c(Br)cc(C)c(C)c1C1CCCN1. The van der Waals surface area contributed by atoms with E-state index < -0.39 is 0 Å². The summed E-state index contributed by atoms with van der Waals surface area (Å²) in [5.41, 5.74) is 3.99. The number of ether oxygens (including phenoxy) is 1. The van der Waals surface area contributed by atoms with Gasteiger partial charge in [-0.25, -0.2) is 0 Å². The summed E-state index contributed by atoms with van der Waals surface area (Å²) in [5, 5.41) is 3.54. The van der Waals surface area contributed by atoms with E-state index in [-0.39, 0.29) is 0 Å². The van der Waals surface area contributed by atoms with E-state index >= 15 is 0 Å². The van der Waals surface area contributed by atoms with E-state index in [2.05, 4.69) is 41.2 Å². The Kier molecular flexibility index (Phi) is 3.55. The quantitative estimate of drug-likeness (QED) is 0.897. The van der Waals surface area contributed by atoms with Gasteiger partial charge in [-0.05, 0) is 66.4 Å². The van der Waals surface area contributed by atoms with Crippen molar-refractivity contribution in [2.45, 2.75) is 32.7 Å². The molecule has 0 aromatic heterocycles. The molecule has 0 aliphatic carbocycles. The van der Waals surface area contributed by atoms with Gasteiger partial charge >= 0.3 is 0 Å². The minimum atomic E-state index is 0.450. The maximum absolute atomic E-state index is 5.54. The molecular formula is C13H18BrNO. The van der Waals surface area contributed by atoms with Crippen LogP contribution < -0.4 is 10.1 Å². The van der Waals surface area contributed by atoms with Crippen LogP contribution in [0.4, 0.5) is 0 Å². The van der Waals surface area contributed by atoms with E-state index in [1.807, 2.05) is 0 Å². The minimum Gasteiger partial charge on any atom is -0.495 e. The summed E-state index contributed by atoms with van der Waals surface area (Å²) in [4.78, 5) is 0. The maximum Gasteiger partial charge on any atom is 0.138 e. The number of aryl methyl sites for hydroxylation is 1. The number of rotatable bonds is 2. The highest BCUT2D eigenvalue weighted by molar-refractivity contribution is 9.10. The largest absolute Gasteiger partial charge is 0.495 e. The molecule has 1 saturated heterocycles. The van der Waals surface area contributed by atoms with Crippen LogP contribution >= 0.6 is 15.9 Å². The first kappa shape index (κ1) is 11.9. The summed E-state index contributed by atoms with van der Waals surface area (Å²) >= 11 is 3.59. The molecule has 1 fully saturated rings. The normalized spacial score (nSPS) is 20.1. The third-order valence-electron chi connectivity index (χ3n) is 3.41. The first-order valence-electron chi connectivity index (χ1n) is 5.72. The Balaban J connectivity index is 2.54. The first-order valence-corrected chi connectivity index (χ1v) is 6.51. The van der Waals surface area contributed by atoms with Gasteiger partial charge in [-0.3, -0.25) is 0 Å². The summed E-state index contributed by atoms with van der Waals surface area (Å²) in [6.07, 6.45) is 2.45. The number of hydrogen-bond donors (Lipinski definition) is 1. The topological polar surface area (TPSA) is 21.3 Å². The second-order valence-corrected chi connectivity index (χ2v) is 5.25. The predicted molar refractivity (Wildman–Crippen MR) is 70.1 cm³/mol. The molecule has 0 amide bonds. The van der Waals surface area contributed by atoms with E-state index in [1.54, 1.807) is 7.11 Å². The Morgan fingerprint density at radius 2 is 2.19 bits per heavy atom. The van der Waals surface area contributed by atoms with Crippen LogP contribution in [0.1, 0.15) is 35.6 Å². The molecule has 2 rings (SSSR count). The third kappa shape index (κ3) is 1.98. The van der Waals surface area contributed by atoms with Crippen molar-refractivity contribution in [3.63, 3.8) is 0 Å². The van der Waals surface area contributed by atoms with E-state index in [4.69, 9.17) is 4.74 Å². The molecule has 1 aromatic carbocycles. The molecule has 1 aromatic rings. The molecule has 3 heteroatoms. The summed E-state index contributed by atoms with van der Waals surface area (Å²) in [6.45, 7) is 5.44. The van der Waals surface area contributed by atoms with Crippen molar-refractivity contribution < 1.29 is 4.74 Å². The summed E-state index contributed by atoms with van der Waals surface area (Å²) in [6, 6.07) is 2.58. The zero-order chi connectivity index (χ0) is 11.7. The molecule has 1 N–H and O–H groups in total. The Hall–Kier alpha value is -0.540. The van der Waals surface area contributed by atoms with Gasteiger partial charge in [0.05, 0.1) is 11.6 Å². The molecular weight excluding hydrogens is 266 g/mol. The molecule has 88 valence electrons. The zero-order valence-electron chi connectivity index (χ0n) is 10.1. The Labute approximate surface area is 106 Å². The lowest BCUT2D eigenvalue weighted by Gasteiger charge is -2.20. The Morgan fingerprint density at radius 3 is 2.75 bits per heavy atom. The van der Waals surface area contributed by atoms with Crippen LogP contribution in [0.25, 0.3) is 0 Å². The molecule has 1 heterocycles. The molecule has 0 spiro atoms. The number of benzene rings is 1. The molecule has 0 saturated carbocycles. The second-order valence-electron chi connectivity index (χ2n) is 4.40. The minimum absolute atomic E-state index is 0.450. The van der Waals surface area contributed by atoms with Gasteiger partial charge in [0.25, 0.3) is 0 Å². The van der Waals surface area contributed by atoms with E-state index in [1.165, 1.54) is 29.5 Å². The van der Waals surface area contributed by atoms with Gasteiger partial charge in [-0.1, -0.05) is 0 Å². The van der Waals surface area contributed by atoms with Crippen LogP contribution in [-0.2, 0) is 0 Å². The van der Waals surface area contributed by atoms with Crippen molar-refractivity contribution in [2.75, 3.05) is 13.7 Å². The van der Waals surface area contributed by atoms with Crippen LogP contribution in [0.2, 0.25) is 0 Å². The van der Waals surface area contributed by atoms with Crippen molar-refractivity contribution >= 4 is 15.9 Å². The molecule has 16 heavy (non-hydrogen) atoms. The molecule has 1 atom stereocenters. The molecule has 0 bridgehead atoms. The van der Waals surface area contributed by atoms with E-state index in [9.17, 15) is 0 Å². The van der Waals surface area contributed by atoms with Gasteiger partial charge in [-0.2, -0.15) is 0 Å². The van der Waals surface area contributed by atoms with Crippen molar-refractivity contribution in [3.05, 3.63) is 27.2 Å². The molecule has 0 radical (unpaired) electrons. The van der Waals surface area contributed by atoms with Crippen molar-refractivity contribution in [1.82, 2.24) is 5.32 Å². The zero-order valence-corrected chi connectivity index (χ0v) is 11.6. The first-order chi connectivity index (χ1) is 7.65. The van der Waals surface area contributed by atoms with Crippen molar-refractivity contribution in [2.24, 2.45) is 0 Å². The van der Waals surface area contributed by atoms with Crippen molar-refractivity contribution in [3.8, 4) is 5.75 Å².